The molecule has 3 atom stereocenters. The van der Waals surface area contributed by atoms with Gasteiger partial charge in [0, 0.05) is 55.7 Å². The molecule has 1 saturated heterocycles. The van der Waals surface area contributed by atoms with Gasteiger partial charge in [-0.05, 0) is 61.2 Å². The zero-order valence-corrected chi connectivity index (χ0v) is 23.6. The standard InChI is InChI=1S/C31H38N4O6/c1-3-4-13-35(24-7-5-11-32-16-24)28(37)18-34-17-25(21-14-22(19-36)30-27(15-21)40-20-41-30)29(31(38)39)26(34)10-9-23-8-6-12-33(23)2/h5-8,11-12,14-16,25-26,29,36H,3-4,9-10,13,17-20H2,1-2H3,(H,38,39)/t25-,26+,29-/m1/s1. The number of likely N-dealkylation sites (tertiary alicyclic amines) is 1. The van der Waals surface area contributed by atoms with Gasteiger partial charge in [-0.25, -0.2) is 0 Å². The van der Waals surface area contributed by atoms with Gasteiger partial charge >= 0.3 is 5.97 Å². The highest BCUT2D eigenvalue weighted by Gasteiger charge is 2.47. The van der Waals surface area contributed by atoms with Gasteiger partial charge in [0.15, 0.2) is 11.5 Å². The Bertz CT molecular complexity index is 1360. The van der Waals surface area contributed by atoms with Crippen molar-refractivity contribution in [1.82, 2.24) is 14.5 Å². The van der Waals surface area contributed by atoms with E-state index in [1.54, 1.807) is 17.3 Å². The number of benzene rings is 1. The molecule has 1 fully saturated rings. The highest BCUT2D eigenvalue weighted by molar-refractivity contribution is 5.94. The van der Waals surface area contributed by atoms with Crippen molar-refractivity contribution < 1.29 is 29.3 Å². The van der Waals surface area contributed by atoms with Crippen LogP contribution in [0.3, 0.4) is 0 Å². The monoisotopic (exact) mass is 562 g/mol. The number of fused-ring (bicyclic) bond motifs is 1. The smallest absolute Gasteiger partial charge is 0.308 e. The summed E-state index contributed by atoms with van der Waals surface area (Å²) in [5, 5.41) is 20.6. The first-order valence-electron chi connectivity index (χ1n) is 14.2. The van der Waals surface area contributed by atoms with Crippen LogP contribution in [-0.2, 0) is 29.7 Å². The number of aliphatic hydroxyl groups is 1. The predicted octanol–water partition coefficient (Wildman–Crippen LogP) is 3.58. The van der Waals surface area contributed by atoms with Crippen LogP contribution >= 0.6 is 0 Å². The minimum absolute atomic E-state index is 0.0562. The van der Waals surface area contributed by atoms with Crippen molar-refractivity contribution >= 4 is 17.6 Å². The summed E-state index contributed by atoms with van der Waals surface area (Å²) >= 11 is 0. The number of hydrogen-bond donors (Lipinski definition) is 2. The lowest BCUT2D eigenvalue weighted by Gasteiger charge is -2.29. The molecule has 2 aliphatic rings. The topological polar surface area (TPSA) is 117 Å². The Morgan fingerprint density at radius 3 is 2.73 bits per heavy atom. The third-order valence-corrected chi connectivity index (χ3v) is 8.28. The molecule has 10 nitrogen and oxygen atoms in total. The highest BCUT2D eigenvalue weighted by Crippen LogP contribution is 2.44. The summed E-state index contributed by atoms with van der Waals surface area (Å²) in [5.74, 6) is -1.13. The van der Waals surface area contributed by atoms with E-state index in [-0.39, 0.29) is 31.9 Å². The fourth-order valence-corrected chi connectivity index (χ4v) is 6.17. The number of anilines is 1. The molecular weight excluding hydrogens is 524 g/mol. The minimum Gasteiger partial charge on any atom is -0.481 e. The van der Waals surface area contributed by atoms with E-state index in [1.165, 1.54) is 0 Å². The average molecular weight is 563 g/mol. The number of aryl methyl sites for hydroxylation is 2. The number of carboxylic acids is 1. The van der Waals surface area contributed by atoms with Crippen LogP contribution in [0.5, 0.6) is 11.5 Å². The van der Waals surface area contributed by atoms with Crippen LogP contribution in [0.2, 0.25) is 0 Å². The molecule has 5 rings (SSSR count). The number of carbonyl (C=O) groups excluding carboxylic acids is 1. The zero-order valence-electron chi connectivity index (χ0n) is 23.6. The molecule has 1 aromatic carbocycles. The van der Waals surface area contributed by atoms with Gasteiger partial charge in [-0.1, -0.05) is 13.3 Å². The first-order chi connectivity index (χ1) is 19.9. The number of aliphatic carboxylic acids is 1. The van der Waals surface area contributed by atoms with Crippen molar-refractivity contribution in [3.63, 3.8) is 0 Å². The zero-order chi connectivity index (χ0) is 28.9. The average Bonchev–Trinajstić information content (AvgIpc) is 3.70. The van der Waals surface area contributed by atoms with E-state index in [1.807, 2.05) is 59.1 Å². The maximum Gasteiger partial charge on any atom is 0.308 e. The molecule has 2 N–H and O–H groups in total. The van der Waals surface area contributed by atoms with E-state index in [9.17, 15) is 19.8 Å². The summed E-state index contributed by atoms with van der Waals surface area (Å²) < 4.78 is 13.2. The molecule has 2 aromatic heterocycles. The van der Waals surface area contributed by atoms with E-state index < -0.39 is 17.8 Å². The molecule has 10 heteroatoms. The molecule has 0 unspecified atom stereocenters. The quantitative estimate of drug-likeness (QED) is 0.344. The Labute approximate surface area is 240 Å². The summed E-state index contributed by atoms with van der Waals surface area (Å²) in [6.45, 7) is 2.94. The largest absolute Gasteiger partial charge is 0.481 e. The molecular formula is C31H38N4O6. The maximum atomic E-state index is 13.8. The van der Waals surface area contributed by atoms with Crippen LogP contribution in [0.25, 0.3) is 0 Å². The third kappa shape index (κ3) is 6.08. The molecule has 0 radical (unpaired) electrons. The van der Waals surface area contributed by atoms with Crippen molar-refractivity contribution in [1.29, 1.82) is 0 Å². The molecule has 218 valence electrons. The SMILES string of the molecule is CCCCN(C(=O)CN1C[C@H](c2cc(CO)c3c(c2)OCO3)[C@@H](C(=O)O)[C@@H]1CCc1cccn1C)c1cccnc1. The van der Waals surface area contributed by atoms with E-state index in [0.717, 1.165) is 29.8 Å². The Hall–Kier alpha value is -3.89. The number of rotatable bonds is 12. The summed E-state index contributed by atoms with van der Waals surface area (Å²) in [4.78, 5) is 34.8. The number of aliphatic hydroxyl groups excluding tert-OH is 1. The van der Waals surface area contributed by atoms with Crippen molar-refractivity contribution in [3.05, 3.63) is 71.8 Å². The highest BCUT2D eigenvalue weighted by atomic mass is 16.7. The van der Waals surface area contributed by atoms with Gasteiger partial charge in [-0.3, -0.25) is 19.5 Å². The van der Waals surface area contributed by atoms with Crippen LogP contribution in [0.4, 0.5) is 5.69 Å². The number of carbonyl (C=O) groups is 2. The first-order valence-corrected chi connectivity index (χ1v) is 14.2. The number of carboxylic acid groups (broad SMARTS) is 1. The normalized spacial score (nSPS) is 19.9. The van der Waals surface area contributed by atoms with Gasteiger partial charge in [-0.15, -0.1) is 0 Å². The number of hydrogen-bond acceptors (Lipinski definition) is 7. The predicted molar refractivity (Wildman–Crippen MR) is 153 cm³/mol. The molecule has 0 aliphatic carbocycles. The fraction of sp³-hybridized carbons (Fsp3) is 0.452. The molecule has 2 aliphatic heterocycles. The van der Waals surface area contributed by atoms with E-state index in [2.05, 4.69) is 11.9 Å². The Balaban J connectivity index is 1.47. The van der Waals surface area contributed by atoms with Crippen LogP contribution in [0.15, 0.2) is 55.0 Å². The lowest BCUT2D eigenvalue weighted by Crippen LogP contribution is -2.44. The Morgan fingerprint density at radius 2 is 2.05 bits per heavy atom. The molecule has 0 spiro atoms. The second-order valence-electron chi connectivity index (χ2n) is 10.8. The summed E-state index contributed by atoms with van der Waals surface area (Å²) in [6.07, 6.45) is 8.40. The van der Waals surface area contributed by atoms with Crippen LogP contribution < -0.4 is 14.4 Å². The second kappa shape index (κ2) is 12.7. The number of amides is 1. The second-order valence-corrected chi connectivity index (χ2v) is 10.8. The number of ether oxygens (including phenoxy) is 2. The summed E-state index contributed by atoms with van der Waals surface area (Å²) in [7, 11) is 1.98. The van der Waals surface area contributed by atoms with Crippen LogP contribution in [0, 0.1) is 5.92 Å². The third-order valence-electron chi connectivity index (χ3n) is 8.28. The lowest BCUT2D eigenvalue weighted by atomic mass is 9.83. The van der Waals surface area contributed by atoms with Gasteiger partial charge in [0.25, 0.3) is 0 Å². The molecule has 3 aromatic rings. The van der Waals surface area contributed by atoms with Crippen molar-refractivity contribution in [3.8, 4) is 11.5 Å². The molecule has 1 amide bonds. The van der Waals surface area contributed by atoms with E-state index in [4.69, 9.17) is 9.47 Å². The van der Waals surface area contributed by atoms with Gasteiger partial charge < -0.3 is 29.2 Å². The van der Waals surface area contributed by atoms with Crippen LogP contribution in [-0.4, -0.2) is 69.0 Å². The van der Waals surface area contributed by atoms with Crippen molar-refractivity contribution in [2.24, 2.45) is 13.0 Å². The Kier molecular flexibility index (Phi) is 8.90. The summed E-state index contributed by atoms with van der Waals surface area (Å²) in [6, 6.07) is 11.0. The van der Waals surface area contributed by atoms with Gasteiger partial charge in [0.1, 0.15) is 0 Å². The van der Waals surface area contributed by atoms with Crippen molar-refractivity contribution in [2.45, 2.75) is 51.2 Å². The Morgan fingerprint density at radius 1 is 1.20 bits per heavy atom. The van der Waals surface area contributed by atoms with Crippen LogP contribution in [0.1, 0.15) is 48.9 Å². The lowest BCUT2D eigenvalue weighted by molar-refractivity contribution is -0.143. The molecule has 0 saturated carbocycles. The summed E-state index contributed by atoms with van der Waals surface area (Å²) in [5.41, 5.74) is 3.17. The van der Waals surface area contributed by atoms with Crippen molar-refractivity contribution in [2.75, 3.05) is 31.3 Å². The number of pyridine rings is 1. The fourth-order valence-electron chi connectivity index (χ4n) is 6.17. The number of unbranched alkanes of at least 4 members (excludes halogenated alkanes) is 1. The van der Waals surface area contributed by atoms with E-state index in [0.29, 0.717) is 43.0 Å². The first kappa shape index (κ1) is 28.6. The van der Waals surface area contributed by atoms with E-state index >= 15 is 0 Å². The maximum absolute atomic E-state index is 13.8. The van der Waals surface area contributed by atoms with Gasteiger partial charge in [-0.2, -0.15) is 0 Å². The number of aromatic nitrogens is 2. The molecule has 4 heterocycles. The number of nitrogens with zero attached hydrogens (tertiary/aromatic N) is 4. The minimum atomic E-state index is -0.903. The van der Waals surface area contributed by atoms with Gasteiger partial charge in [0.05, 0.1) is 31.0 Å². The molecule has 41 heavy (non-hydrogen) atoms. The molecule has 0 bridgehead atoms. The van der Waals surface area contributed by atoms with Gasteiger partial charge in [0.2, 0.25) is 12.7 Å².